The Kier molecular flexibility index (Phi) is 2.69. The molecule has 0 aromatic rings. The molecular weight excluding hydrogens is 220 g/mol. The van der Waals surface area contributed by atoms with Gasteiger partial charge in [-0.1, -0.05) is 6.42 Å². The highest BCUT2D eigenvalue weighted by molar-refractivity contribution is 5.93. The molecule has 1 aliphatic carbocycles. The first-order valence-electron chi connectivity index (χ1n) is 6.06. The van der Waals surface area contributed by atoms with E-state index in [0.717, 1.165) is 12.8 Å². The number of nitrogens with two attached hydrogens (primary N) is 1. The van der Waals surface area contributed by atoms with Crippen LogP contribution in [0.15, 0.2) is 0 Å². The Labute approximate surface area is 101 Å². The van der Waals surface area contributed by atoms with Crippen LogP contribution in [0.2, 0.25) is 0 Å². The number of nitrogens with one attached hydrogen (secondary N) is 1. The van der Waals surface area contributed by atoms with Gasteiger partial charge in [-0.05, 0) is 33.6 Å². The lowest BCUT2D eigenvalue weighted by atomic mass is 9.85. The minimum Gasteiger partial charge on any atom is -0.458 e. The highest BCUT2D eigenvalue weighted by Crippen LogP contribution is 2.41. The molecule has 0 unspecified atom stereocenters. The number of carbonyl (C=O) groups excluding carboxylic acids is 2. The fourth-order valence-electron chi connectivity index (χ4n) is 2.79. The summed E-state index contributed by atoms with van der Waals surface area (Å²) in [4.78, 5) is 23.8. The van der Waals surface area contributed by atoms with E-state index in [1.165, 1.54) is 0 Å². The molecule has 2 aliphatic rings. The van der Waals surface area contributed by atoms with Crippen molar-refractivity contribution in [2.24, 2.45) is 11.7 Å². The summed E-state index contributed by atoms with van der Waals surface area (Å²) in [6, 6.07) is -0.693. The van der Waals surface area contributed by atoms with Crippen molar-refractivity contribution in [2.45, 2.75) is 57.2 Å². The predicted molar refractivity (Wildman–Crippen MR) is 62.0 cm³/mol. The quantitative estimate of drug-likeness (QED) is 0.647. The van der Waals surface area contributed by atoms with Crippen molar-refractivity contribution < 1.29 is 14.3 Å². The predicted octanol–water partition coefficient (Wildman–Crippen LogP) is 0.324. The highest BCUT2D eigenvalue weighted by Gasteiger charge is 2.58. The van der Waals surface area contributed by atoms with Gasteiger partial charge in [-0.2, -0.15) is 0 Å². The van der Waals surface area contributed by atoms with Crippen molar-refractivity contribution in [3.63, 3.8) is 0 Å². The third kappa shape index (κ3) is 2.04. The molecule has 3 atom stereocenters. The molecule has 0 aromatic heterocycles. The Morgan fingerprint density at radius 3 is 2.76 bits per heavy atom. The molecule has 96 valence electrons. The summed E-state index contributed by atoms with van der Waals surface area (Å²) < 4.78 is 5.31. The number of hydrogen-bond acceptors (Lipinski definition) is 4. The van der Waals surface area contributed by atoms with Crippen LogP contribution in [0.1, 0.15) is 40.0 Å². The fraction of sp³-hybridized carbons (Fsp3) is 0.833. The SMILES string of the molecule is CC(C)(C)OC(=O)[C@H]1NC(=O)[C@@H]2CCC[C@]12N. The maximum Gasteiger partial charge on any atom is 0.331 e. The van der Waals surface area contributed by atoms with Crippen molar-refractivity contribution in [2.75, 3.05) is 0 Å². The Morgan fingerprint density at radius 1 is 1.53 bits per heavy atom. The second-order valence-corrected chi connectivity index (χ2v) is 6.03. The average molecular weight is 240 g/mol. The number of amides is 1. The maximum atomic E-state index is 12.0. The van der Waals surface area contributed by atoms with E-state index >= 15 is 0 Å². The van der Waals surface area contributed by atoms with E-state index in [0.29, 0.717) is 6.42 Å². The molecule has 2 fully saturated rings. The lowest BCUT2D eigenvalue weighted by Gasteiger charge is -2.30. The molecule has 0 radical (unpaired) electrons. The van der Waals surface area contributed by atoms with Gasteiger partial charge in [-0.25, -0.2) is 4.79 Å². The van der Waals surface area contributed by atoms with E-state index in [1.807, 2.05) is 0 Å². The van der Waals surface area contributed by atoms with E-state index < -0.39 is 23.2 Å². The van der Waals surface area contributed by atoms with Crippen molar-refractivity contribution in [3.05, 3.63) is 0 Å². The van der Waals surface area contributed by atoms with Gasteiger partial charge < -0.3 is 15.8 Å². The Hall–Kier alpha value is -1.10. The summed E-state index contributed by atoms with van der Waals surface area (Å²) in [6.07, 6.45) is 2.36. The first-order chi connectivity index (χ1) is 7.74. The van der Waals surface area contributed by atoms with Crippen LogP contribution in [0.4, 0.5) is 0 Å². The van der Waals surface area contributed by atoms with Crippen LogP contribution in [0.5, 0.6) is 0 Å². The van der Waals surface area contributed by atoms with Gasteiger partial charge in [-0.15, -0.1) is 0 Å². The number of esters is 1. The zero-order valence-corrected chi connectivity index (χ0v) is 10.6. The first kappa shape index (κ1) is 12.4. The molecule has 5 nitrogen and oxygen atoms in total. The minimum atomic E-state index is -0.751. The van der Waals surface area contributed by atoms with Gasteiger partial charge in [0.15, 0.2) is 0 Å². The Balaban J connectivity index is 2.17. The molecule has 1 saturated carbocycles. The maximum absolute atomic E-state index is 12.0. The number of hydrogen-bond donors (Lipinski definition) is 2. The second kappa shape index (κ2) is 3.70. The molecule has 2 rings (SSSR count). The standard InChI is InChI=1S/C12H20N2O3/c1-11(2,3)17-10(16)8-12(13)6-4-5-7(12)9(15)14-8/h7-8H,4-6,13H2,1-3H3,(H,14,15)/t7-,8+,12+/m0/s1. The molecule has 5 heteroatoms. The van der Waals surface area contributed by atoms with E-state index in [9.17, 15) is 9.59 Å². The molecule has 0 spiro atoms. The molecule has 1 aliphatic heterocycles. The topological polar surface area (TPSA) is 81.4 Å². The average Bonchev–Trinajstić information content (AvgIpc) is 2.62. The number of ether oxygens (including phenoxy) is 1. The van der Waals surface area contributed by atoms with Crippen LogP contribution < -0.4 is 11.1 Å². The zero-order valence-electron chi connectivity index (χ0n) is 10.6. The summed E-state index contributed by atoms with van der Waals surface area (Å²) in [7, 11) is 0. The zero-order chi connectivity index (χ0) is 12.8. The van der Waals surface area contributed by atoms with Crippen LogP contribution in [0.3, 0.4) is 0 Å². The van der Waals surface area contributed by atoms with Gasteiger partial charge in [0.05, 0.1) is 11.5 Å². The molecule has 1 amide bonds. The summed E-state index contributed by atoms with van der Waals surface area (Å²) >= 11 is 0. The number of rotatable bonds is 1. The third-order valence-electron chi connectivity index (χ3n) is 3.53. The van der Waals surface area contributed by atoms with Gasteiger partial charge in [-0.3, -0.25) is 4.79 Å². The van der Waals surface area contributed by atoms with Crippen molar-refractivity contribution >= 4 is 11.9 Å². The molecular formula is C12H20N2O3. The minimum absolute atomic E-state index is 0.110. The van der Waals surface area contributed by atoms with Crippen LogP contribution in [0, 0.1) is 5.92 Å². The van der Waals surface area contributed by atoms with Crippen LogP contribution in [-0.4, -0.2) is 29.1 Å². The highest BCUT2D eigenvalue weighted by atomic mass is 16.6. The van der Waals surface area contributed by atoms with Crippen LogP contribution >= 0.6 is 0 Å². The second-order valence-electron chi connectivity index (χ2n) is 6.03. The lowest BCUT2D eigenvalue weighted by Crippen LogP contribution is -2.56. The van der Waals surface area contributed by atoms with E-state index in [4.69, 9.17) is 10.5 Å². The Bertz CT molecular complexity index is 361. The molecule has 1 heterocycles. The van der Waals surface area contributed by atoms with Crippen LogP contribution in [-0.2, 0) is 14.3 Å². The number of fused-ring (bicyclic) bond motifs is 1. The molecule has 17 heavy (non-hydrogen) atoms. The number of carbonyl (C=O) groups is 2. The third-order valence-corrected chi connectivity index (χ3v) is 3.53. The molecule has 0 bridgehead atoms. The molecule has 3 N–H and O–H groups in total. The van der Waals surface area contributed by atoms with E-state index in [-0.39, 0.29) is 11.8 Å². The smallest absolute Gasteiger partial charge is 0.331 e. The normalized spacial score (nSPS) is 36.6. The van der Waals surface area contributed by atoms with Crippen molar-refractivity contribution in [1.29, 1.82) is 0 Å². The van der Waals surface area contributed by atoms with Gasteiger partial charge in [0.25, 0.3) is 0 Å². The lowest BCUT2D eigenvalue weighted by molar-refractivity contribution is -0.159. The monoisotopic (exact) mass is 240 g/mol. The van der Waals surface area contributed by atoms with Crippen molar-refractivity contribution in [3.8, 4) is 0 Å². The summed E-state index contributed by atoms with van der Waals surface area (Å²) in [5, 5.41) is 2.68. The van der Waals surface area contributed by atoms with Gasteiger partial charge >= 0.3 is 5.97 Å². The van der Waals surface area contributed by atoms with Gasteiger partial charge in [0, 0.05) is 0 Å². The molecule has 0 aromatic carbocycles. The molecule has 1 saturated heterocycles. The van der Waals surface area contributed by atoms with E-state index in [1.54, 1.807) is 20.8 Å². The fourth-order valence-corrected chi connectivity index (χ4v) is 2.79. The first-order valence-corrected chi connectivity index (χ1v) is 6.06. The summed E-state index contributed by atoms with van der Waals surface area (Å²) in [6.45, 7) is 5.41. The Morgan fingerprint density at radius 2 is 2.18 bits per heavy atom. The van der Waals surface area contributed by atoms with Gasteiger partial charge in [0.2, 0.25) is 5.91 Å². The van der Waals surface area contributed by atoms with Crippen LogP contribution in [0.25, 0.3) is 0 Å². The van der Waals surface area contributed by atoms with Crippen molar-refractivity contribution in [1.82, 2.24) is 5.32 Å². The van der Waals surface area contributed by atoms with E-state index in [2.05, 4.69) is 5.32 Å². The summed E-state index contributed by atoms with van der Waals surface area (Å²) in [5.74, 6) is -0.765. The largest absolute Gasteiger partial charge is 0.458 e. The van der Waals surface area contributed by atoms with Gasteiger partial charge in [0.1, 0.15) is 11.6 Å². The summed E-state index contributed by atoms with van der Waals surface area (Å²) in [5.41, 5.74) is 4.92.